The van der Waals surface area contributed by atoms with Crippen molar-refractivity contribution in [2.45, 2.75) is 33.4 Å². The number of ether oxygens (including phenoxy) is 1. The summed E-state index contributed by atoms with van der Waals surface area (Å²) in [6.07, 6.45) is 0. The number of carbonyl (C=O) groups excluding carboxylic acids is 1. The number of hydrogen-bond donors (Lipinski definition) is 0. The average Bonchev–Trinajstić information content (AvgIpc) is 3.04. The first-order valence-electron chi connectivity index (χ1n) is 9.16. The van der Waals surface area contributed by atoms with Crippen molar-refractivity contribution in [3.8, 4) is 0 Å². The zero-order valence-electron chi connectivity index (χ0n) is 16.2. The van der Waals surface area contributed by atoms with E-state index in [0.29, 0.717) is 27.6 Å². The Morgan fingerprint density at radius 2 is 1.86 bits per heavy atom. The Hall–Kier alpha value is -3.61. The first-order chi connectivity index (χ1) is 13.9. The summed E-state index contributed by atoms with van der Waals surface area (Å²) in [5.74, 6) is -1.24. The average molecular weight is 393 g/mol. The summed E-state index contributed by atoms with van der Waals surface area (Å²) >= 11 is 0. The highest BCUT2D eigenvalue weighted by molar-refractivity contribution is 5.84. The Kier molecular flexibility index (Phi) is 4.58. The molecule has 0 fully saturated rings. The second-order valence-electron chi connectivity index (χ2n) is 6.96. The Balaban J connectivity index is 1.63. The predicted octanol–water partition coefficient (Wildman–Crippen LogP) is 3.62. The van der Waals surface area contributed by atoms with E-state index in [2.05, 4.69) is 0 Å². The summed E-state index contributed by atoms with van der Waals surface area (Å²) in [6.45, 7) is 5.25. The third-order valence-corrected chi connectivity index (χ3v) is 5.13. The molecular weight excluding hydrogens is 374 g/mol. The van der Waals surface area contributed by atoms with Crippen LogP contribution in [0.5, 0.6) is 0 Å². The molecule has 0 N–H and O–H groups in total. The summed E-state index contributed by atoms with van der Waals surface area (Å²) in [5, 5.41) is 0.707. The van der Waals surface area contributed by atoms with Crippen LogP contribution in [0.25, 0.3) is 22.1 Å². The van der Waals surface area contributed by atoms with Gasteiger partial charge in [-0.15, -0.1) is 0 Å². The van der Waals surface area contributed by atoms with Crippen LogP contribution in [-0.4, -0.2) is 10.5 Å². The first kappa shape index (κ1) is 18.7. The number of rotatable bonds is 4. The minimum atomic E-state index is -0.887. The van der Waals surface area contributed by atoms with E-state index in [4.69, 9.17) is 13.6 Å². The molecule has 0 aliphatic carbocycles. The highest BCUT2D eigenvalue weighted by atomic mass is 16.5. The van der Waals surface area contributed by atoms with Crippen molar-refractivity contribution in [3.05, 3.63) is 80.1 Å². The van der Waals surface area contributed by atoms with Crippen LogP contribution in [0.3, 0.4) is 0 Å². The fraction of sp³-hybridized carbons (Fsp3) is 0.227. The van der Waals surface area contributed by atoms with Gasteiger partial charge in [-0.2, -0.15) is 0 Å². The van der Waals surface area contributed by atoms with Crippen LogP contribution in [0.4, 0.5) is 0 Å². The van der Waals surface area contributed by atoms with Gasteiger partial charge in [0.15, 0.2) is 5.58 Å². The molecule has 2 aromatic heterocycles. The summed E-state index contributed by atoms with van der Waals surface area (Å²) < 4.78 is 17.2. The van der Waals surface area contributed by atoms with Crippen LogP contribution in [0.1, 0.15) is 29.7 Å². The number of hydrogen-bond acceptors (Lipinski definition) is 6. The lowest BCUT2D eigenvalue weighted by molar-refractivity contribution is -0.148. The largest absolute Gasteiger partial charge is 0.459 e. The van der Waals surface area contributed by atoms with Gasteiger partial charge in [0, 0.05) is 17.0 Å². The van der Waals surface area contributed by atoms with E-state index in [1.54, 1.807) is 31.2 Å². The lowest BCUT2D eigenvalue weighted by atomic mass is 10.0. The van der Waals surface area contributed by atoms with Crippen molar-refractivity contribution in [1.82, 2.24) is 4.57 Å². The molecule has 0 aliphatic heterocycles. The van der Waals surface area contributed by atoms with Gasteiger partial charge in [-0.3, -0.25) is 4.57 Å². The molecule has 0 unspecified atom stereocenters. The highest BCUT2D eigenvalue weighted by Gasteiger charge is 2.23. The molecule has 7 nitrogen and oxygen atoms in total. The summed E-state index contributed by atoms with van der Waals surface area (Å²) in [5.41, 5.74) is 3.28. The number of aromatic nitrogens is 1. The Bertz CT molecular complexity index is 1360. The normalized spacial score (nSPS) is 12.4. The summed E-state index contributed by atoms with van der Waals surface area (Å²) in [7, 11) is 0. The number of oxazole rings is 1. The monoisotopic (exact) mass is 393 g/mol. The van der Waals surface area contributed by atoms with Crippen molar-refractivity contribution in [3.63, 3.8) is 0 Å². The topological polar surface area (TPSA) is 91.6 Å². The van der Waals surface area contributed by atoms with Crippen molar-refractivity contribution in [1.29, 1.82) is 0 Å². The van der Waals surface area contributed by atoms with Gasteiger partial charge in [-0.25, -0.2) is 14.4 Å². The molecule has 0 amide bonds. The van der Waals surface area contributed by atoms with Crippen LogP contribution < -0.4 is 11.4 Å². The van der Waals surface area contributed by atoms with E-state index < -0.39 is 23.4 Å². The van der Waals surface area contributed by atoms with Gasteiger partial charge in [0.2, 0.25) is 0 Å². The summed E-state index contributed by atoms with van der Waals surface area (Å²) in [4.78, 5) is 36.8. The first-order valence-corrected chi connectivity index (χ1v) is 9.16. The molecule has 148 valence electrons. The molecule has 29 heavy (non-hydrogen) atoms. The number of benzene rings is 2. The van der Waals surface area contributed by atoms with Crippen LogP contribution in [0.15, 0.2) is 60.9 Å². The fourth-order valence-electron chi connectivity index (χ4n) is 3.37. The lowest BCUT2D eigenvalue weighted by Crippen LogP contribution is -2.26. The molecule has 1 atom stereocenters. The van der Waals surface area contributed by atoms with Gasteiger partial charge in [0.05, 0.1) is 5.52 Å². The molecule has 4 aromatic rings. The van der Waals surface area contributed by atoms with E-state index in [9.17, 15) is 14.4 Å². The minimum absolute atomic E-state index is 0.113. The van der Waals surface area contributed by atoms with Crippen LogP contribution in [-0.2, 0) is 16.1 Å². The fourth-order valence-corrected chi connectivity index (χ4v) is 3.37. The highest BCUT2D eigenvalue weighted by Crippen LogP contribution is 2.24. The second-order valence-corrected chi connectivity index (χ2v) is 6.96. The maximum absolute atomic E-state index is 12.6. The molecule has 2 heterocycles. The number of nitrogens with zero attached hydrogens (tertiary/aromatic N) is 1. The van der Waals surface area contributed by atoms with E-state index >= 15 is 0 Å². The predicted molar refractivity (Wildman–Crippen MR) is 107 cm³/mol. The standard InChI is InChI=1S/C22H19NO6/c1-12-8-9-16-15(10-19(24)29-20(16)13(12)2)11-27-21(25)14(3)23-17-6-4-5-7-18(17)28-22(23)26/h4-10,14H,11H2,1-3H3/t14-/m0/s1. The van der Waals surface area contributed by atoms with Crippen molar-refractivity contribution in [2.24, 2.45) is 0 Å². The number of para-hydroxylation sites is 2. The smallest absolute Gasteiger partial charge is 0.420 e. The molecule has 0 bridgehead atoms. The zero-order chi connectivity index (χ0) is 20.7. The third-order valence-electron chi connectivity index (χ3n) is 5.13. The molecule has 4 rings (SSSR count). The van der Waals surface area contributed by atoms with Gasteiger partial charge in [0.25, 0.3) is 0 Å². The maximum atomic E-state index is 12.6. The molecule has 7 heteroatoms. The molecule has 0 spiro atoms. The second kappa shape index (κ2) is 7.09. The van der Waals surface area contributed by atoms with Gasteiger partial charge < -0.3 is 13.6 Å². The lowest BCUT2D eigenvalue weighted by Gasteiger charge is -2.13. The molecule has 0 saturated heterocycles. The Morgan fingerprint density at radius 1 is 1.10 bits per heavy atom. The van der Waals surface area contributed by atoms with Crippen molar-refractivity contribution in [2.75, 3.05) is 0 Å². The SMILES string of the molecule is Cc1ccc2c(COC(=O)[C@H](C)n3c(=O)oc4ccccc43)cc(=O)oc2c1C. The quantitative estimate of drug-likeness (QED) is 0.388. The number of carbonyl (C=O) groups is 1. The van der Waals surface area contributed by atoms with Crippen molar-refractivity contribution >= 4 is 28.0 Å². The van der Waals surface area contributed by atoms with Gasteiger partial charge in [-0.1, -0.05) is 24.3 Å². The maximum Gasteiger partial charge on any atom is 0.420 e. The number of esters is 1. The molecule has 2 aromatic carbocycles. The van der Waals surface area contributed by atoms with Crippen LogP contribution in [0.2, 0.25) is 0 Å². The van der Waals surface area contributed by atoms with Crippen LogP contribution >= 0.6 is 0 Å². The molecule has 0 saturated carbocycles. The minimum Gasteiger partial charge on any atom is -0.459 e. The van der Waals surface area contributed by atoms with E-state index in [-0.39, 0.29) is 6.61 Å². The molecule has 0 radical (unpaired) electrons. The Morgan fingerprint density at radius 3 is 2.66 bits per heavy atom. The van der Waals surface area contributed by atoms with Gasteiger partial charge in [-0.05, 0) is 44.0 Å². The van der Waals surface area contributed by atoms with Crippen LogP contribution in [0, 0.1) is 13.8 Å². The van der Waals surface area contributed by atoms with E-state index in [0.717, 1.165) is 11.1 Å². The third kappa shape index (κ3) is 3.24. The Labute approximate surface area is 165 Å². The molecule has 0 aliphatic rings. The van der Waals surface area contributed by atoms with E-state index in [1.807, 2.05) is 26.0 Å². The van der Waals surface area contributed by atoms with Crippen molar-refractivity contribution < 1.29 is 18.4 Å². The van der Waals surface area contributed by atoms with Gasteiger partial charge in [0.1, 0.15) is 18.2 Å². The van der Waals surface area contributed by atoms with E-state index in [1.165, 1.54) is 10.6 Å². The number of aryl methyl sites for hydroxylation is 2. The molecular formula is C22H19NO6. The van der Waals surface area contributed by atoms with Gasteiger partial charge >= 0.3 is 17.4 Å². The summed E-state index contributed by atoms with van der Waals surface area (Å²) in [6, 6.07) is 11.0. The number of fused-ring (bicyclic) bond motifs is 2. The zero-order valence-corrected chi connectivity index (χ0v) is 16.2.